The molecule has 330 valence electrons. The summed E-state index contributed by atoms with van der Waals surface area (Å²) in [5, 5.41) is 5.16. The maximum Gasteiger partial charge on any atom is 0.0555 e. The molecule has 13 rings (SSSR count). The molecule has 4 heteroatoms. The van der Waals surface area contributed by atoms with E-state index in [4.69, 9.17) is 0 Å². The van der Waals surface area contributed by atoms with Crippen LogP contribution in [0.4, 0.5) is 34.1 Å². The molecule has 0 saturated heterocycles. The number of hydrogen-bond donors (Lipinski definition) is 0. The third-order valence-electron chi connectivity index (χ3n) is 13.4. The van der Waals surface area contributed by atoms with Crippen molar-refractivity contribution in [1.82, 2.24) is 0 Å². The Bertz CT molecular complexity index is 3970. The molecule has 0 unspecified atom stereocenters. The SMILES string of the molecule is c1ccc(N(c2ccccc2)c2ccccc2-c2cccc(-c3cccc(-c4cccc5sc6cccc(N(c7ccccc7)c7ccc(-c8ccc9sc%10ccccc%10c9c8)cc7)c6c45)c3)c2)cc1. The second-order valence-corrected chi connectivity index (χ2v) is 19.8. The number of rotatable bonds is 10. The van der Waals surface area contributed by atoms with Crippen LogP contribution in [-0.4, -0.2) is 0 Å². The van der Waals surface area contributed by atoms with Gasteiger partial charge in [-0.15, -0.1) is 22.7 Å². The van der Waals surface area contributed by atoms with Gasteiger partial charge < -0.3 is 9.80 Å². The Labute approximate surface area is 415 Å². The summed E-state index contributed by atoms with van der Waals surface area (Å²) in [4.78, 5) is 4.78. The van der Waals surface area contributed by atoms with Crippen molar-refractivity contribution >= 4 is 97.1 Å². The van der Waals surface area contributed by atoms with Gasteiger partial charge in [-0.1, -0.05) is 164 Å². The summed E-state index contributed by atoms with van der Waals surface area (Å²) < 4.78 is 5.18. The summed E-state index contributed by atoms with van der Waals surface area (Å²) in [6.07, 6.45) is 0. The zero-order valence-corrected chi connectivity index (χ0v) is 39.7. The lowest BCUT2D eigenvalue weighted by molar-refractivity contribution is 1.28. The standard InChI is InChI=1S/C66H44N2S2/c1-4-22-51(23-5-1)67(52-24-6-2-7-25-52)59-31-12-10-28-55(59)49-20-14-18-46(42-49)47-19-15-21-50(43-47)56-30-16-34-63-65(56)66-60(32-17-35-64(66)70-63)68(53-26-8-3-9-27-53)54-39-36-45(37-40-54)48-38-41-62-58(44-48)57-29-11-13-33-61(57)69-62/h1-44H. The van der Waals surface area contributed by atoms with Crippen molar-refractivity contribution in [2.24, 2.45) is 0 Å². The van der Waals surface area contributed by atoms with Crippen LogP contribution in [0, 0.1) is 0 Å². The number of anilines is 6. The average molecular weight is 929 g/mol. The molecule has 0 aliphatic rings. The molecule has 0 radical (unpaired) electrons. The lowest BCUT2D eigenvalue weighted by atomic mass is 9.93. The maximum atomic E-state index is 2.43. The largest absolute Gasteiger partial charge is 0.310 e. The molecule has 0 amide bonds. The first kappa shape index (κ1) is 41.6. The van der Waals surface area contributed by atoms with E-state index in [0.717, 1.165) is 39.7 Å². The number of benzene rings is 11. The van der Waals surface area contributed by atoms with Crippen LogP contribution in [0.25, 0.3) is 84.9 Å². The molecule has 0 fully saturated rings. The van der Waals surface area contributed by atoms with E-state index in [1.165, 1.54) is 79.3 Å². The third kappa shape index (κ3) is 7.51. The normalized spacial score (nSPS) is 11.4. The van der Waals surface area contributed by atoms with E-state index in [9.17, 15) is 0 Å². The van der Waals surface area contributed by atoms with E-state index in [-0.39, 0.29) is 0 Å². The van der Waals surface area contributed by atoms with E-state index in [1.807, 2.05) is 22.7 Å². The van der Waals surface area contributed by atoms with Crippen LogP contribution in [0.5, 0.6) is 0 Å². The van der Waals surface area contributed by atoms with Crippen LogP contribution in [-0.2, 0) is 0 Å². The monoisotopic (exact) mass is 928 g/mol. The molecule has 70 heavy (non-hydrogen) atoms. The third-order valence-corrected chi connectivity index (χ3v) is 15.7. The highest BCUT2D eigenvalue weighted by atomic mass is 32.1. The van der Waals surface area contributed by atoms with Gasteiger partial charge in [-0.05, 0) is 142 Å². The van der Waals surface area contributed by atoms with Gasteiger partial charge in [0.05, 0.1) is 11.4 Å². The Morgan fingerprint density at radius 1 is 0.229 bits per heavy atom. The van der Waals surface area contributed by atoms with Gasteiger partial charge in [0.15, 0.2) is 0 Å². The molecular weight excluding hydrogens is 885 g/mol. The van der Waals surface area contributed by atoms with Crippen molar-refractivity contribution in [3.63, 3.8) is 0 Å². The number of fused-ring (bicyclic) bond motifs is 6. The minimum atomic E-state index is 1.11. The van der Waals surface area contributed by atoms with E-state index < -0.39 is 0 Å². The van der Waals surface area contributed by atoms with Gasteiger partial charge in [-0.2, -0.15) is 0 Å². The highest BCUT2D eigenvalue weighted by Gasteiger charge is 2.22. The zero-order valence-electron chi connectivity index (χ0n) is 38.1. The Morgan fingerprint density at radius 3 is 1.34 bits per heavy atom. The first-order valence-electron chi connectivity index (χ1n) is 23.7. The second-order valence-electron chi connectivity index (χ2n) is 17.6. The molecule has 0 aliphatic carbocycles. The fourth-order valence-electron chi connectivity index (χ4n) is 10.2. The lowest BCUT2D eigenvalue weighted by Crippen LogP contribution is -2.10. The van der Waals surface area contributed by atoms with Gasteiger partial charge in [0.1, 0.15) is 0 Å². The molecule has 11 aromatic carbocycles. The molecule has 0 bridgehead atoms. The van der Waals surface area contributed by atoms with Gasteiger partial charge in [0.25, 0.3) is 0 Å². The van der Waals surface area contributed by atoms with Crippen LogP contribution < -0.4 is 9.80 Å². The van der Waals surface area contributed by atoms with Crippen molar-refractivity contribution in [3.05, 3.63) is 267 Å². The molecule has 0 N–H and O–H groups in total. The second kappa shape index (κ2) is 17.8. The van der Waals surface area contributed by atoms with E-state index in [2.05, 4.69) is 277 Å². The Kier molecular flexibility index (Phi) is 10.6. The van der Waals surface area contributed by atoms with Crippen LogP contribution in [0.15, 0.2) is 267 Å². The van der Waals surface area contributed by atoms with Crippen LogP contribution >= 0.6 is 22.7 Å². The summed E-state index contributed by atoms with van der Waals surface area (Å²) in [6, 6.07) is 97.2. The molecule has 0 saturated carbocycles. The van der Waals surface area contributed by atoms with Gasteiger partial charge in [-0.25, -0.2) is 0 Å². The average Bonchev–Trinajstić information content (AvgIpc) is 4.01. The quantitative estimate of drug-likeness (QED) is 0.135. The van der Waals surface area contributed by atoms with Gasteiger partial charge >= 0.3 is 0 Å². The summed E-state index contributed by atoms with van der Waals surface area (Å²) in [6.45, 7) is 0. The topological polar surface area (TPSA) is 6.48 Å². The molecular formula is C66H44N2S2. The van der Waals surface area contributed by atoms with Gasteiger partial charge in [0.2, 0.25) is 0 Å². The molecule has 2 aromatic heterocycles. The van der Waals surface area contributed by atoms with E-state index >= 15 is 0 Å². The van der Waals surface area contributed by atoms with Crippen molar-refractivity contribution in [2.75, 3.05) is 9.80 Å². The maximum absolute atomic E-state index is 2.43. The summed E-state index contributed by atoms with van der Waals surface area (Å²) in [5.74, 6) is 0. The molecule has 0 aliphatic heterocycles. The lowest BCUT2D eigenvalue weighted by Gasteiger charge is -2.27. The predicted octanol–water partition coefficient (Wildman–Crippen LogP) is 20.0. The molecule has 13 aromatic rings. The highest BCUT2D eigenvalue weighted by molar-refractivity contribution is 7.26. The fraction of sp³-hybridized carbons (Fsp3) is 0. The molecule has 0 atom stereocenters. The van der Waals surface area contributed by atoms with Gasteiger partial charge in [-0.3, -0.25) is 0 Å². The van der Waals surface area contributed by atoms with Crippen LogP contribution in [0.1, 0.15) is 0 Å². The summed E-state index contributed by atoms with van der Waals surface area (Å²) in [7, 11) is 0. The summed E-state index contributed by atoms with van der Waals surface area (Å²) in [5.41, 5.74) is 16.3. The first-order valence-corrected chi connectivity index (χ1v) is 25.4. The van der Waals surface area contributed by atoms with Gasteiger partial charge in [0, 0.05) is 68.7 Å². The number of thiophene rings is 2. The smallest absolute Gasteiger partial charge is 0.0555 e. The fourth-order valence-corrected chi connectivity index (χ4v) is 12.5. The number of para-hydroxylation sites is 4. The minimum Gasteiger partial charge on any atom is -0.310 e. The van der Waals surface area contributed by atoms with Crippen LogP contribution in [0.3, 0.4) is 0 Å². The summed E-state index contributed by atoms with van der Waals surface area (Å²) >= 11 is 3.73. The molecule has 0 spiro atoms. The Morgan fingerprint density at radius 2 is 0.657 bits per heavy atom. The number of hydrogen-bond acceptors (Lipinski definition) is 4. The molecule has 2 heterocycles. The first-order chi connectivity index (χ1) is 34.7. The van der Waals surface area contributed by atoms with Crippen molar-refractivity contribution < 1.29 is 0 Å². The highest BCUT2D eigenvalue weighted by Crippen LogP contribution is 2.49. The van der Waals surface area contributed by atoms with Crippen molar-refractivity contribution in [1.29, 1.82) is 0 Å². The molecule has 2 nitrogen and oxygen atoms in total. The minimum absolute atomic E-state index is 1.11. The Hall–Kier alpha value is -8.54. The van der Waals surface area contributed by atoms with Crippen molar-refractivity contribution in [3.8, 4) is 44.5 Å². The zero-order chi connectivity index (χ0) is 46.4. The predicted molar refractivity (Wildman–Crippen MR) is 303 cm³/mol. The Balaban J connectivity index is 0.898. The van der Waals surface area contributed by atoms with E-state index in [0.29, 0.717) is 0 Å². The van der Waals surface area contributed by atoms with E-state index in [1.54, 1.807) is 0 Å². The van der Waals surface area contributed by atoms with Crippen LogP contribution in [0.2, 0.25) is 0 Å². The number of nitrogens with zero attached hydrogens (tertiary/aromatic N) is 2. The van der Waals surface area contributed by atoms with Crippen molar-refractivity contribution in [2.45, 2.75) is 0 Å².